The van der Waals surface area contributed by atoms with Crippen molar-refractivity contribution in [2.24, 2.45) is 0 Å². The van der Waals surface area contributed by atoms with Gasteiger partial charge in [-0.1, -0.05) is 24.3 Å². The van der Waals surface area contributed by atoms with Gasteiger partial charge in [-0.05, 0) is 48.0 Å². The number of halogens is 1. The molecule has 0 aromatic heterocycles. The van der Waals surface area contributed by atoms with Gasteiger partial charge >= 0.3 is 0 Å². The van der Waals surface area contributed by atoms with Gasteiger partial charge in [0.05, 0.1) is 5.56 Å². The zero-order valence-electron chi connectivity index (χ0n) is 18.0. The van der Waals surface area contributed by atoms with Crippen LogP contribution in [0.5, 0.6) is 11.5 Å². The van der Waals surface area contributed by atoms with Crippen molar-refractivity contribution in [2.75, 3.05) is 33.0 Å². The highest BCUT2D eigenvalue weighted by molar-refractivity contribution is 6.15. The molecule has 3 aromatic carbocycles. The molecule has 2 aliphatic heterocycles. The van der Waals surface area contributed by atoms with Gasteiger partial charge in [-0.25, -0.2) is 4.39 Å². The molecule has 168 valence electrons. The third-order valence-electron chi connectivity index (χ3n) is 6.01. The highest BCUT2D eigenvalue weighted by Crippen LogP contribution is 2.33. The predicted molar refractivity (Wildman–Crippen MR) is 120 cm³/mol. The molecule has 0 bridgehead atoms. The maximum Gasteiger partial charge on any atom is 0.254 e. The van der Waals surface area contributed by atoms with Gasteiger partial charge in [0.15, 0.2) is 17.3 Å². The topological polar surface area (TPSA) is 59.1 Å². The summed E-state index contributed by atoms with van der Waals surface area (Å²) in [6.07, 6.45) is 0. The summed E-state index contributed by atoms with van der Waals surface area (Å²) in [7, 11) is 0. The molecule has 5 rings (SSSR count). The van der Waals surface area contributed by atoms with Crippen molar-refractivity contribution in [3.05, 3.63) is 94.8 Å². The monoisotopic (exact) mass is 446 g/mol. The average Bonchev–Trinajstić information content (AvgIpc) is 3.32. The highest BCUT2D eigenvalue weighted by atomic mass is 19.1. The normalized spacial score (nSPS) is 15.5. The Morgan fingerprint density at radius 1 is 0.818 bits per heavy atom. The Labute approximate surface area is 191 Å². The molecule has 0 spiro atoms. The maximum absolute atomic E-state index is 13.3. The first kappa shape index (κ1) is 21.2. The van der Waals surface area contributed by atoms with Crippen LogP contribution in [0, 0.1) is 5.82 Å². The zero-order valence-corrected chi connectivity index (χ0v) is 18.0. The van der Waals surface area contributed by atoms with Crippen LogP contribution in [0.15, 0.2) is 66.7 Å². The molecule has 2 heterocycles. The van der Waals surface area contributed by atoms with E-state index in [9.17, 15) is 14.0 Å². The van der Waals surface area contributed by atoms with Crippen molar-refractivity contribution in [3.63, 3.8) is 0 Å². The predicted octanol–water partition coefficient (Wildman–Crippen LogP) is 3.74. The Morgan fingerprint density at radius 2 is 1.52 bits per heavy atom. The minimum absolute atomic E-state index is 0.163. The van der Waals surface area contributed by atoms with E-state index in [1.807, 2.05) is 18.2 Å². The molecule has 0 aliphatic carbocycles. The molecule has 0 unspecified atom stereocenters. The first-order valence-corrected chi connectivity index (χ1v) is 10.9. The van der Waals surface area contributed by atoms with Crippen LogP contribution in [-0.4, -0.2) is 54.5 Å². The second-order valence-corrected chi connectivity index (χ2v) is 8.14. The number of piperazine rings is 1. The van der Waals surface area contributed by atoms with Crippen molar-refractivity contribution in [2.45, 2.75) is 6.54 Å². The summed E-state index contributed by atoms with van der Waals surface area (Å²) < 4.78 is 24.1. The summed E-state index contributed by atoms with van der Waals surface area (Å²) in [5.41, 5.74) is 2.19. The van der Waals surface area contributed by atoms with E-state index in [1.54, 1.807) is 29.2 Å². The summed E-state index contributed by atoms with van der Waals surface area (Å²) in [5.74, 6) is 0.672. The van der Waals surface area contributed by atoms with Crippen LogP contribution in [-0.2, 0) is 6.54 Å². The SMILES string of the molecule is O=C(c1ccc(F)cc1)c1ccccc1C(=O)N1CCN(Cc2ccc3c(c2)OCO3)CC1. The summed E-state index contributed by atoms with van der Waals surface area (Å²) in [4.78, 5) is 30.3. The van der Waals surface area contributed by atoms with Gasteiger partial charge in [0.2, 0.25) is 6.79 Å². The van der Waals surface area contributed by atoms with E-state index in [2.05, 4.69) is 4.90 Å². The number of fused-ring (bicyclic) bond motifs is 1. The zero-order chi connectivity index (χ0) is 22.8. The Morgan fingerprint density at radius 3 is 2.27 bits per heavy atom. The van der Waals surface area contributed by atoms with Crippen molar-refractivity contribution >= 4 is 11.7 Å². The number of carbonyl (C=O) groups excluding carboxylic acids is 2. The van der Waals surface area contributed by atoms with Crippen LogP contribution in [0.25, 0.3) is 0 Å². The number of rotatable bonds is 5. The quantitative estimate of drug-likeness (QED) is 0.559. The van der Waals surface area contributed by atoms with E-state index in [0.29, 0.717) is 29.8 Å². The lowest BCUT2D eigenvalue weighted by Crippen LogP contribution is -2.48. The summed E-state index contributed by atoms with van der Waals surface area (Å²) in [5, 5.41) is 0. The molecule has 0 N–H and O–H groups in total. The molecule has 33 heavy (non-hydrogen) atoms. The first-order valence-electron chi connectivity index (χ1n) is 10.9. The lowest BCUT2D eigenvalue weighted by molar-refractivity contribution is 0.0625. The van der Waals surface area contributed by atoms with Gasteiger partial charge in [-0.15, -0.1) is 0 Å². The fourth-order valence-electron chi connectivity index (χ4n) is 4.20. The number of hydrogen-bond acceptors (Lipinski definition) is 5. The molecule has 6 nitrogen and oxygen atoms in total. The van der Waals surface area contributed by atoms with Crippen LogP contribution in [0.4, 0.5) is 4.39 Å². The standard InChI is InChI=1S/C26H23FN2O4/c27-20-8-6-19(7-9-20)25(30)21-3-1-2-4-22(21)26(31)29-13-11-28(12-14-29)16-18-5-10-23-24(15-18)33-17-32-23/h1-10,15H,11-14,16-17H2. The molecule has 1 fully saturated rings. The molecule has 7 heteroatoms. The van der Waals surface area contributed by atoms with Gasteiger partial charge < -0.3 is 14.4 Å². The number of ketones is 1. The van der Waals surface area contributed by atoms with Crippen molar-refractivity contribution in [1.29, 1.82) is 0 Å². The number of nitrogens with zero attached hydrogens (tertiary/aromatic N) is 2. The van der Waals surface area contributed by atoms with Crippen molar-refractivity contribution in [1.82, 2.24) is 9.80 Å². The highest BCUT2D eigenvalue weighted by Gasteiger charge is 2.26. The van der Waals surface area contributed by atoms with Crippen molar-refractivity contribution in [3.8, 4) is 11.5 Å². The molecular formula is C26H23FN2O4. The lowest BCUT2D eigenvalue weighted by atomic mass is 9.97. The second-order valence-electron chi connectivity index (χ2n) is 8.14. The number of hydrogen-bond donors (Lipinski definition) is 0. The number of benzene rings is 3. The molecular weight excluding hydrogens is 423 g/mol. The van der Waals surface area contributed by atoms with Crippen molar-refractivity contribution < 1.29 is 23.5 Å². The van der Waals surface area contributed by atoms with Gasteiger partial charge in [-0.3, -0.25) is 14.5 Å². The number of amides is 1. The minimum atomic E-state index is -0.408. The smallest absolute Gasteiger partial charge is 0.254 e. The average molecular weight is 446 g/mol. The van der Waals surface area contributed by atoms with Crippen LogP contribution < -0.4 is 9.47 Å². The van der Waals surface area contributed by atoms with Crippen LogP contribution in [0.2, 0.25) is 0 Å². The molecule has 1 amide bonds. The van der Waals surface area contributed by atoms with E-state index in [1.165, 1.54) is 24.3 Å². The Balaban J connectivity index is 1.25. The lowest BCUT2D eigenvalue weighted by Gasteiger charge is -2.35. The number of carbonyl (C=O) groups is 2. The Hall–Kier alpha value is -3.71. The first-order chi connectivity index (χ1) is 16.1. The maximum atomic E-state index is 13.3. The molecule has 2 aliphatic rings. The van der Waals surface area contributed by atoms with Gasteiger partial charge in [0, 0.05) is 43.9 Å². The van der Waals surface area contributed by atoms with E-state index in [0.717, 1.165) is 36.7 Å². The summed E-state index contributed by atoms with van der Waals surface area (Å²) in [6.45, 7) is 3.62. The summed E-state index contributed by atoms with van der Waals surface area (Å²) in [6, 6.07) is 18.1. The van der Waals surface area contributed by atoms with E-state index < -0.39 is 5.82 Å². The van der Waals surface area contributed by atoms with Gasteiger partial charge in [0.25, 0.3) is 5.91 Å². The Kier molecular flexibility index (Phi) is 5.79. The van der Waals surface area contributed by atoms with Crippen LogP contribution in [0.3, 0.4) is 0 Å². The molecule has 0 saturated carbocycles. The minimum Gasteiger partial charge on any atom is -0.454 e. The van der Waals surface area contributed by atoms with Gasteiger partial charge in [-0.2, -0.15) is 0 Å². The fourth-order valence-corrected chi connectivity index (χ4v) is 4.20. The second kappa shape index (κ2) is 9.03. The van der Waals surface area contributed by atoms with E-state index in [4.69, 9.17) is 9.47 Å². The van der Waals surface area contributed by atoms with Crippen LogP contribution in [0.1, 0.15) is 31.8 Å². The summed E-state index contributed by atoms with van der Waals surface area (Å²) >= 11 is 0. The largest absolute Gasteiger partial charge is 0.454 e. The van der Waals surface area contributed by atoms with E-state index in [-0.39, 0.29) is 18.5 Å². The number of ether oxygens (including phenoxy) is 2. The fraction of sp³-hybridized carbons (Fsp3) is 0.231. The van der Waals surface area contributed by atoms with E-state index >= 15 is 0 Å². The third kappa shape index (κ3) is 4.45. The third-order valence-corrected chi connectivity index (χ3v) is 6.01. The Bertz CT molecular complexity index is 1190. The molecule has 3 aromatic rings. The van der Waals surface area contributed by atoms with Gasteiger partial charge in [0.1, 0.15) is 5.82 Å². The van der Waals surface area contributed by atoms with Crippen LogP contribution >= 0.6 is 0 Å². The molecule has 0 radical (unpaired) electrons. The molecule has 0 atom stereocenters. The molecule has 1 saturated heterocycles.